The maximum Gasteiger partial charge on any atom is 0.244 e. The van der Waals surface area contributed by atoms with Gasteiger partial charge in [0.2, 0.25) is 21.8 Å². The third-order valence-corrected chi connectivity index (χ3v) is 10.2. The first-order valence-corrected chi connectivity index (χ1v) is 16.0. The fraction of sp³-hybridized carbons (Fsp3) is 0.500. The number of sulfonamides is 1. The lowest BCUT2D eigenvalue weighted by Crippen LogP contribution is -2.62. The van der Waals surface area contributed by atoms with E-state index >= 15 is 0 Å². The quantitative estimate of drug-likeness (QED) is 0.345. The molecule has 230 valence electrons. The van der Waals surface area contributed by atoms with Crippen LogP contribution in [-0.4, -0.2) is 85.5 Å². The minimum absolute atomic E-state index is 0.00704. The molecule has 2 aliphatic rings. The molecule has 2 aromatic rings. The van der Waals surface area contributed by atoms with E-state index in [0.29, 0.717) is 6.54 Å². The number of likely N-dealkylation sites (tertiary alicyclic amines) is 1. The Balaban J connectivity index is 1.55. The van der Waals surface area contributed by atoms with Crippen LogP contribution >= 0.6 is 23.2 Å². The average molecular weight is 648 g/mol. The molecule has 2 heterocycles. The predicted molar refractivity (Wildman–Crippen MR) is 155 cm³/mol. The number of nitrogens with one attached hydrogen (secondary N) is 2. The Morgan fingerprint density at radius 3 is 2.57 bits per heavy atom. The first-order chi connectivity index (χ1) is 19.9. The SMILES string of the molecule is CCCCN1CC(C(=O)NC(Cc2cc(F)cc(F)c2)[C@H](O)[C@H]2CN(S(=O)(=O)c3cc(Cl)ccc3Cl)CCN2)CC1=O. The summed E-state index contributed by atoms with van der Waals surface area (Å²) in [6.45, 7) is 2.86. The summed E-state index contributed by atoms with van der Waals surface area (Å²) in [6.07, 6.45) is 0.193. The smallest absolute Gasteiger partial charge is 0.244 e. The highest BCUT2D eigenvalue weighted by Gasteiger charge is 2.39. The molecule has 42 heavy (non-hydrogen) atoms. The molecule has 2 amide bonds. The van der Waals surface area contributed by atoms with E-state index in [1.807, 2.05) is 6.92 Å². The second kappa shape index (κ2) is 14.0. The summed E-state index contributed by atoms with van der Waals surface area (Å²) in [5.74, 6) is -2.90. The van der Waals surface area contributed by atoms with Crippen molar-refractivity contribution in [2.24, 2.45) is 5.92 Å². The Labute approximate surface area is 254 Å². The van der Waals surface area contributed by atoms with Crippen LogP contribution in [0.5, 0.6) is 0 Å². The minimum atomic E-state index is -4.10. The Morgan fingerprint density at radius 1 is 1.17 bits per heavy atom. The fourth-order valence-corrected chi connectivity index (χ4v) is 7.55. The number of carbonyl (C=O) groups excluding carboxylic acids is 2. The van der Waals surface area contributed by atoms with E-state index in [1.165, 1.54) is 18.2 Å². The first-order valence-electron chi connectivity index (χ1n) is 13.8. The number of piperazine rings is 1. The van der Waals surface area contributed by atoms with Crippen molar-refractivity contribution < 1.29 is 31.9 Å². The fourth-order valence-electron chi connectivity index (χ4n) is 5.34. The molecule has 2 aromatic carbocycles. The van der Waals surface area contributed by atoms with Crippen LogP contribution in [0.25, 0.3) is 0 Å². The molecule has 2 fully saturated rings. The van der Waals surface area contributed by atoms with Gasteiger partial charge in [0.25, 0.3) is 0 Å². The predicted octanol–water partition coefficient (Wildman–Crippen LogP) is 2.97. The highest BCUT2D eigenvalue weighted by Crippen LogP contribution is 2.29. The van der Waals surface area contributed by atoms with E-state index < -0.39 is 51.7 Å². The largest absolute Gasteiger partial charge is 0.389 e. The zero-order chi connectivity index (χ0) is 30.6. The van der Waals surface area contributed by atoms with E-state index in [4.69, 9.17) is 23.2 Å². The summed E-state index contributed by atoms with van der Waals surface area (Å²) >= 11 is 12.2. The summed E-state index contributed by atoms with van der Waals surface area (Å²) < 4.78 is 56.0. The summed E-state index contributed by atoms with van der Waals surface area (Å²) in [5.41, 5.74) is 0.190. The van der Waals surface area contributed by atoms with Crippen LogP contribution in [0.3, 0.4) is 0 Å². The highest BCUT2D eigenvalue weighted by molar-refractivity contribution is 7.89. The molecule has 0 aromatic heterocycles. The van der Waals surface area contributed by atoms with Crippen molar-refractivity contribution in [1.29, 1.82) is 0 Å². The van der Waals surface area contributed by atoms with Crippen molar-refractivity contribution in [1.82, 2.24) is 19.8 Å². The maximum atomic E-state index is 14.0. The normalized spacial score (nSPS) is 21.4. The van der Waals surface area contributed by atoms with Gasteiger partial charge in [0, 0.05) is 56.3 Å². The van der Waals surface area contributed by atoms with Gasteiger partial charge in [-0.1, -0.05) is 36.5 Å². The number of rotatable bonds is 11. The lowest BCUT2D eigenvalue weighted by molar-refractivity contribution is -0.129. The summed E-state index contributed by atoms with van der Waals surface area (Å²) in [7, 11) is -4.10. The molecule has 0 bridgehead atoms. The van der Waals surface area contributed by atoms with Gasteiger partial charge in [-0.3, -0.25) is 9.59 Å². The monoisotopic (exact) mass is 646 g/mol. The molecule has 2 unspecified atom stereocenters. The van der Waals surface area contributed by atoms with Crippen molar-refractivity contribution in [3.63, 3.8) is 0 Å². The number of benzene rings is 2. The van der Waals surface area contributed by atoms with E-state index in [0.717, 1.165) is 35.3 Å². The van der Waals surface area contributed by atoms with Crippen LogP contribution in [-0.2, 0) is 26.0 Å². The van der Waals surface area contributed by atoms with E-state index in [-0.39, 0.29) is 65.4 Å². The number of amides is 2. The topological polar surface area (TPSA) is 119 Å². The molecular weight excluding hydrogens is 613 g/mol. The van der Waals surface area contributed by atoms with E-state index in [2.05, 4.69) is 10.6 Å². The van der Waals surface area contributed by atoms with Crippen molar-refractivity contribution in [3.8, 4) is 0 Å². The number of aliphatic hydroxyl groups is 1. The first kappa shape index (κ1) is 32.6. The molecule has 0 spiro atoms. The molecule has 2 aliphatic heterocycles. The third kappa shape index (κ3) is 7.78. The van der Waals surface area contributed by atoms with Gasteiger partial charge in [-0.2, -0.15) is 4.31 Å². The van der Waals surface area contributed by atoms with Crippen LogP contribution in [0.2, 0.25) is 10.0 Å². The van der Waals surface area contributed by atoms with E-state index in [1.54, 1.807) is 4.90 Å². The van der Waals surface area contributed by atoms with Gasteiger partial charge < -0.3 is 20.6 Å². The van der Waals surface area contributed by atoms with Gasteiger partial charge in [0.05, 0.1) is 23.1 Å². The molecule has 9 nitrogen and oxygen atoms in total. The third-order valence-electron chi connectivity index (χ3n) is 7.58. The lowest BCUT2D eigenvalue weighted by atomic mass is 9.94. The zero-order valence-corrected chi connectivity index (χ0v) is 25.4. The Kier molecular flexibility index (Phi) is 10.8. The zero-order valence-electron chi connectivity index (χ0n) is 23.0. The molecule has 0 radical (unpaired) electrons. The van der Waals surface area contributed by atoms with Gasteiger partial charge in [-0.15, -0.1) is 0 Å². The van der Waals surface area contributed by atoms with Gasteiger partial charge in [-0.25, -0.2) is 17.2 Å². The number of nitrogens with zero attached hydrogens (tertiary/aromatic N) is 2. The molecule has 0 aliphatic carbocycles. The minimum Gasteiger partial charge on any atom is -0.389 e. The van der Waals surface area contributed by atoms with Gasteiger partial charge in [-0.05, 0) is 48.7 Å². The second-order valence-electron chi connectivity index (χ2n) is 10.7. The molecule has 4 rings (SSSR count). The number of hydrogen-bond donors (Lipinski definition) is 3. The Hall–Kier alpha value is -2.35. The van der Waals surface area contributed by atoms with E-state index in [9.17, 15) is 31.9 Å². The summed E-state index contributed by atoms with van der Waals surface area (Å²) in [5, 5.41) is 17.5. The van der Waals surface area contributed by atoms with Crippen LogP contribution in [0.1, 0.15) is 31.7 Å². The molecule has 4 atom stereocenters. The van der Waals surface area contributed by atoms with Crippen LogP contribution in [0.4, 0.5) is 8.78 Å². The van der Waals surface area contributed by atoms with Crippen molar-refractivity contribution in [2.75, 3.05) is 32.7 Å². The number of aliphatic hydroxyl groups excluding tert-OH is 1. The maximum absolute atomic E-state index is 14.0. The summed E-state index contributed by atoms with van der Waals surface area (Å²) in [6, 6.07) is 5.10. The molecule has 2 saturated heterocycles. The van der Waals surface area contributed by atoms with Crippen molar-refractivity contribution in [2.45, 2.75) is 55.7 Å². The van der Waals surface area contributed by atoms with Crippen LogP contribution < -0.4 is 10.6 Å². The van der Waals surface area contributed by atoms with Gasteiger partial charge in [0.1, 0.15) is 16.5 Å². The molecular formula is C28H34Cl2F2N4O5S. The second-order valence-corrected chi connectivity index (χ2v) is 13.4. The molecule has 0 saturated carbocycles. The van der Waals surface area contributed by atoms with Gasteiger partial charge in [0.15, 0.2) is 0 Å². The lowest BCUT2D eigenvalue weighted by Gasteiger charge is -2.38. The average Bonchev–Trinajstić information content (AvgIpc) is 3.32. The number of hydrogen-bond acceptors (Lipinski definition) is 6. The van der Waals surface area contributed by atoms with Crippen LogP contribution in [0.15, 0.2) is 41.3 Å². The number of unbranched alkanes of at least 4 members (excludes halogenated alkanes) is 1. The van der Waals surface area contributed by atoms with Crippen LogP contribution in [0, 0.1) is 17.6 Å². The standard InChI is InChI=1S/C28H34Cl2F2N4O5S/c1-2-3-7-35-15-18(12-26(35)37)28(39)34-23(11-17-9-20(31)14-21(32)10-17)27(38)24-16-36(8-6-33-24)42(40,41)25-13-19(29)4-5-22(25)30/h4-5,9-10,13-14,18,23-24,27,33,38H,2-3,6-8,11-12,15-16H2,1H3,(H,34,39)/t18?,23?,24-,27+/m1/s1. The van der Waals surface area contributed by atoms with Crippen molar-refractivity contribution >= 4 is 45.0 Å². The number of carbonyl (C=O) groups is 2. The molecule has 3 N–H and O–H groups in total. The number of halogens is 4. The summed E-state index contributed by atoms with van der Waals surface area (Å²) in [4.78, 5) is 27.2. The Bertz CT molecular complexity index is 1400. The molecule has 14 heteroatoms. The Morgan fingerprint density at radius 2 is 1.88 bits per heavy atom. The van der Waals surface area contributed by atoms with Gasteiger partial charge >= 0.3 is 0 Å². The van der Waals surface area contributed by atoms with Crippen molar-refractivity contribution in [3.05, 3.63) is 63.6 Å². The highest BCUT2D eigenvalue weighted by atomic mass is 35.5.